The summed E-state index contributed by atoms with van der Waals surface area (Å²) in [6.07, 6.45) is 26.2. The van der Waals surface area contributed by atoms with E-state index in [9.17, 15) is 37.8 Å². The number of nitrogens with one attached hydrogen (secondary N) is 4. The molecule has 0 bridgehead atoms. The fourth-order valence-corrected chi connectivity index (χ4v) is 16.2. The normalized spacial score (nSPS) is 11.6. The number of benzene rings is 9. The van der Waals surface area contributed by atoms with E-state index >= 15 is 0 Å². The minimum Gasteiger partial charge on any atom is -0.504 e. The van der Waals surface area contributed by atoms with Crippen LogP contribution in [-0.2, 0) is 41.9 Å². The van der Waals surface area contributed by atoms with Crippen LogP contribution in [-0.4, -0.2) is 143 Å². The summed E-state index contributed by atoms with van der Waals surface area (Å²) in [6, 6.07) is 65.3. The van der Waals surface area contributed by atoms with Gasteiger partial charge in [0, 0.05) is 118 Å². The lowest BCUT2D eigenvalue weighted by molar-refractivity contribution is 0.101. The molecule has 144 heavy (non-hydrogen) atoms. The molecule has 4 amide bonds. The number of ether oxygens (including phenoxy) is 5. The topological polar surface area (TPSA) is 416 Å². The van der Waals surface area contributed by atoms with Crippen LogP contribution in [0.1, 0.15) is 166 Å². The lowest BCUT2D eigenvalue weighted by Gasteiger charge is -2.14. The third kappa shape index (κ3) is 29.0. The molecule has 16 aromatic rings. The van der Waals surface area contributed by atoms with Crippen molar-refractivity contribution < 1.29 is 61.5 Å². The van der Waals surface area contributed by atoms with Gasteiger partial charge in [0.25, 0.3) is 23.6 Å². The van der Waals surface area contributed by atoms with Crippen molar-refractivity contribution in [1.82, 2.24) is 59.8 Å². The number of hydrogen-bond donors (Lipinski definition) is 6. The number of phenolic OH excluding ortho intramolecular Hbond substituents is 2. The van der Waals surface area contributed by atoms with Crippen molar-refractivity contribution in [1.29, 1.82) is 5.26 Å². The number of nitrogens with zero attached hydrogens (tertiary/aromatic N) is 13. The van der Waals surface area contributed by atoms with Crippen molar-refractivity contribution in [2.24, 2.45) is 0 Å². The Kier molecular flexibility index (Phi) is 35.8. The summed E-state index contributed by atoms with van der Waals surface area (Å²) in [5.74, 6) is 2.58. The van der Waals surface area contributed by atoms with Crippen LogP contribution in [0.3, 0.4) is 0 Å². The van der Waals surface area contributed by atoms with Crippen molar-refractivity contribution in [2.75, 3.05) is 62.6 Å². The Morgan fingerprint density at radius 1 is 0.368 bits per heavy atom. The monoisotopic (exact) mass is 1940 g/mol. The average Bonchev–Trinajstić information content (AvgIpc) is 0.851. The first-order chi connectivity index (χ1) is 69.5. The Morgan fingerprint density at radius 2 is 0.694 bits per heavy atom. The van der Waals surface area contributed by atoms with E-state index in [1.165, 1.54) is 26.6 Å². The van der Waals surface area contributed by atoms with Crippen molar-refractivity contribution in [3.8, 4) is 91.3 Å². The molecule has 0 radical (unpaired) electrons. The number of carbonyl (C=O) groups is 4. The van der Waals surface area contributed by atoms with E-state index in [1.807, 2.05) is 160 Å². The van der Waals surface area contributed by atoms with Crippen LogP contribution < -0.4 is 45.0 Å². The van der Waals surface area contributed by atoms with Crippen molar-refractivity contribution in [3.63, 3.8) is 0 Å². The van der Waals surface area contributed by atoms with Crippen LogP contribution >= 0.6 is 0 Å². The Bertz CT molecular complexity index is 7420. The summed E-state index contributed by atoms with van der Waals surface area (Å²) in [4.78, 5) is 103. The Labute approximate surface area is 836 Å². The second-order valence-corrected chi connectivity index (χ2v) is 36.3. The zero-order valence-electron chi connectivity index (χ0n) is 81.7. The van der Waals surface area contributed by atoms with Gasteiger partial charge >= 0.3 is 0 Å². The van der Waals surface area contributed by atoms with Crippen LogP contribution in [0.5, 0.6) is 40.2 Å². The first kappa shape index (κ1) is 104. The molecule has 0 spiro atoms. The molecule has 0 saturated carbocycles. The molecule has 0 fully saturated rings. The molecule has 0 aliphatic carbocycles. The summed E-state index contributed by atoms with van der Waals surface area (Å²) in [7, 11) is 4.62. The van der Waals surface area contributed by atoms with Gasteiger partial charge in [-0.1, -0.05) is 107 Å². The molecule has 0 saturated heterocycles. The summed E-state index contributed by atoms with van der Waals surface area (Å²) in [5.41, 5.74) is 22.5. The Balaban J connectivity index is 0.000000161. The van der Waals surface area contributed by atoms with Gasteiger partial charge < -0.3 is 55.2 Å². The van der Waals surface area contributed by atoms with Crippen LogP contribution in [0, 0.1) is 32.1 Å². The van der Waals surface area contributed by atoms with Gasteiger partial charge in [-0.2, -0.15) is 5.26 Å². The summed E-state index contributed by atoms with van der Waals surface area (Å²) >= 11 is 0. The Hall–Kier alpha value is -17.7. The predicted octanol–water partition coefficient (Wildman–Crippen LogP) is 20.9. The molecular weight excluding hydrogens is 1840 g/mol. The molecule has 0 unspecified atom stereocenters. The van der Waals surface area contributed by atoms with Gasteiger partial charge in [-0.05, 0) is 255 Å². The number of nitriles is 1. The van der Waals surface area contributed by atoms with Gasteiger partial charge in [-0.15, -0.1) is 0 Å². The maximum Gasteiger partial charge on any atom is 0.258 e. The molecular formula is C113H109N17O13S. The lowest BCUT2D eigenvalue weighted by Crippen LogP contribution is -2.13. The SMILES string of the molecule is C=CS(=O)(=O)CCc1ccc(C(=O)Nc2cccc([C@H](C)Cc3cncc(-c4ccc(O)c(OC)c4)n3)c2)cc1.COc1cc(-c2cncc(C[C@@H](C)c3cccc(NC(=O)c4cnc(C#N)nc4)c3)n2)ccc1O.COc1cc(-c2cncc(C[C@@H](C)c3cccc(NC(=O)c4cncc(C)c4)c3)n2)ccc1C.COc1ccc(-c2cncc(C[C@@H](C)c3cccc(NC(=O)c4cncc(C)c4)c3)n2)cc1OC. The molecule has 6 N–H and O–H groups in total. The van der Waals surface area contributed by atoms with E-state index < -0.39 is 9.84 Å². The number of carbonyl (C=O) groups excluding carboxylic acids is 4. The predicted molar refractivity (Wildman–Crippen MR) is 556 cm³/mol. The van der Waals surface area contributed by atoms with Crippen molar-refractivity contribution >= 4 is 56.2 Å². The maximum absolute atomic E-state index is 12.8. The second-order valence-electron chi connectivity index (χ2n) is 34.2. The van der Waals surface area contributed by atoms with Gasteiger partial charge in [0.2, 0.25) is 5.82 Å². The third-order valence-electron chi connectivity index (χ3n) is 23.4. The number of pyridine rings is 2. The molecule has 730 valence electrons. The fourth-order valence-electron chi connectivity index (χ4n) is 15.5. The molecule has 9 aromatic carbocycles. The van der Waals surface area contributed by atoms with Crippen LogP contribution in [0.25, 0.3) is 45.0 Å². The number of anilines is 4. The highest BCUT2D eigenvalue weighted by Crippen LogP contribution is 2.37. The number of aromatic hydroxyl groups is 2. The second kappa shape index (κ2) is 49.8. The number of aryl methyl sites for hydroxylation is 4. The van der Waals surface area contributed by atoms with Gasteiger partial charge in [0.15, 0.2) is 44.3 Å². The number of sulfone groups is 1. The largest absolute Gasteiger partial charge is 0.504 e. The van der Waals surface area contributed by atoms with E-state index in [0.29, 0.717) is 88.1 Å². The first-order valence-electron chi connectivity index (χ1n) is 46.0. The number of rotatable bonds is 33. The standard InChI is InChI=1S/C31H31N3O5S.C28H28N4O3.C28H28N4O2.C26H22N6O3/c1-4-40(37,38)15-14-22-8-10-23(11-9-22)31(36)34-26-7-5-6-24(17-26)21(2)16-27-19-32-20-28(33-27)25-12-13-29(35)30(18-25)39-3;1-18-10-22(15-29-14-18)28(33)32-23-7-5-6-20(12-23)19(2)11-24-16-30-17-25(31-24)21-8-9-26(34-3)27(13-21)35-4;1-18-10-23(15-29-14-18)28(33)32-24-7-5-6-21(12-24)20(3)11-25-16-30-17-26(31-25)22-9-8-19(2)27(13-22)34-4;1-16(8-21-14-28-15-22(31-21)18-6-7-23(33)24(10-18)35-2)17-4-3-5-20(9-17)32-26(34)19-12-29-25(11-27)30-13-19/h4-13,17-21,35H,1,14-16H2,2-3H3,(H,34,36);5-10,12-17,19H,11H2,1-4H3,(H,32,33);5-10,12-17,20H,11H2,1-4H3,(H,32,33);3-7,9-10,12-16,33H,8H2,1-2H3,(H,32,34)/t21-;19-;20-;16-/m1111/s1. The molecule has 0 aliphatic rings. The van der Waals surface area contributed by atoms with E-state index in [0.717, 1.165) is 130 Å². The molecule has 31 heteroatoms. The number of methoxy groups -OCH3 is 5. The molecule has 4 atom stereocenters. The Morgan fingerprint density at radius 3 is 1.04 bits per heavy atom. The molecule has 30 nitrogen and oxygen atoms in total. The summed E-state index contributed by atoms with van der Waals surface area (Å²) in [6.45, 7) is 17.6. The summed E-state index contributed by atoms with van der Waals surface area (Å²) in [5, 5.41) is 41.2. The number of amides is 4. The molecule has 16 rings (SSSR count). The van der Waals surface area contributed by atoms with E-state index in [1.54, 1.807) is 156 Å². The fraction of sp³-hybridized carbons (Fsp3) is 0.195. The van der Waals surface area contributed by atoms with Gasteiger partial charge in [-0.25, -0.2) is 38.3 Å². The first-order valence-corrected chi connectivity index (χ1v) is 47.8. The minimum absolute atomic E-state index is 0.00842. The average molecular weight is 1950 g/mol. The molecule has 7 heterocycles. The van der Waals surface area contributed by atoms with E-state index in [-0.39, 0.29) is 75.9 Å². The number of phenols is 2. The highest BCUT2D eigenvalue weighted by atomic mass is 32.2. The van der Waals surface area contributed by atoms with Crippen LogP contribution in [0.15, 0.2) is 305 Å². The minimum atomic E-state index is -3.27. The van der Waals surface area contributed by atoms with Crippen molar-refractivity contribution in [2.45, 2.75) is 104 Å². The van der Waals surface area contributed by atoms with Gasteiger partial charge in [0.05, 0.1) is 128 Å². The quantitative estimate of drug-likeness (QED) is 0.0222. The van der Waals surface area contributed by atoms with Crippen molar-refractivity contribution in [3.05, 3.63) is 400 Å². The lowest BCUT2D eigenvalue weighted by atomic mass is 9.95. The van der Waals surface area contributed by atoms with Crippen LogP contribution in [0.2, 0.25) is 0 Å². The highest BCUT2D eigenvalue weighted by Gasteiger charge is 2.22. The molecule has 0 aliphatic heterocycles. The van der Waals surface area contributed by atoms with Crippen LogP contribution in [0.4, 0.5) is 22.7 Å². The van der Waals surface area contributed by atoms with E-state index in [2.05, 4.69) is 108 Å². The molecule has 7 aromatic heterocycles. The third-order valence-corrected chi connectivity index (χ3v) is 24.7. The van der Waals surface area contributed by atoms with Gasteiger partial charge in [0.1, 0.15) is 11.8 Å². The number of aromatic nitrogens is 12. The van der Waals surface area contributed by atoms with E-state index in [4.69, 9.17) is 48.9 Å². The number of hydrogen-bond acceptors (Lipinski definition) is 26. The maximum atomic E-state index is 12.8. The highest BCUT2D eigenvalue weighted by molar-refractivity contribution is 7.94. The van der Waals surface area contributed by atoms with Gasteiger partial charge in [-0.3, -0.25) is 49.1 Å². The zero-order chi connectivity index (χ0) is 102. The smallest absolute Gasteiger partial charge is 0.258 e. The zero-order valence-corrected chi connectivity index (χ0v) is 82.5. The summed E-state index contributed by atoms with van der Waals surface area (Å²) < 4.78 is 49.9.